The average Bonchev–Trinajstić information content (AvgIpc) is 2.87. The van der Waals surface area contributed by atoms with E-state index >= 15 is 0 Å². The van der Waals surface area contributed by atoms with Gasteiger partial charge in [0.1, 0.15) is 0 Å². The van der Waals surface area contributed by atoms with E-state index in [0.717, 1.165) is 25.7 Å². The Morgan fingerprint density at radius 2 is 2.00 bits per heavy atom. The molecule has 5 nitrogen and oxygen atoms in total. The van der Waals surface area contributed by atoms with Crippen LogP contribution in [-0.2, 0) is 14.3 Å². The molecule has 3 fully saturated rings. The topological polar surface area (TPSA) is 83.8 Å². The number of ether oxygens (including phenoxy) is 1. The fourth-order valence-electron chi connectivity index (χ4n) is 7.28. The van der Waals surface area contributed by atoms with Crippen LogP contribution in [0.4, 0.5) is 0 Å². The molecule has 2 unspecified atom stereocenters. The van der Waals surface area contributed by atoms with Crippen molar-refractivity contribution in [3.05, 3.63) is 11.6 Å². The Morgan fingerprint density at radius 1 is 1.26 bits per heavy atom. The van der Waals surface area contributed by atoms with Gasteiger partial charge in [-0.15, -0.1) is 0 Å². The predicted octanol–water partition coefficient (Wildman–Crippen LogP) is 2.78. The molecule has 3 saturated carbocycles. The van der Waals surface area contributed by atoms with Crippen LogP contribution in [0.3, 0.4) is 0 Å². The molecule has 0 aliphatic heterocycles. The molecule has 4 rings (SSSR count). The fourth-order valence-corrected chi connectivity index (χ4v) is 7.28. The lowest BCUT2D eigenvalue weighted by atomic mass is 9.45. The zero-order chi connectivity index (χ0) is 19.6. The van der Waals surface area contributed by atoms with Crippen molar-refractivity contribution in [2.24, 2.45) is 28.6 Å². The van der Waals surface area contributed by atoms with E-state index in [0.29, 0.717) is 19.3 Å². The van der Waals surface area contributed by atoms with Gasteiger partial charge >= 0.3 is 5.97 Å². The molecular formula is C22H32O5. The number of carbonyl (C=O) groups is 2. The number of hydrogen-bond acceptors (Lipinski definition) is 5. The van der Waals surface area contributed by atoms with Gasteiger partial charge in [-0.25, -0.2) is 4.79 Å². The van der Waals surface area contributed by atoms with Crippen LogP contribution in [0, 0.1) is 28.6 Å². The molecule has 0 aromatic heterocycles. The minimum Gasteiger partial charge on any atom is -0.464 e. The lowest BCUT2D eigenvalue weighted by molar-refractivity contribution is -0.199. The van der Waals surface area contributed by atoms with E-state index in [1.54, 1.807) is 6.92 Å². The summed E-state index contributed by atoms with van der Waals surface area (Å²) in [6.45, 7) is 6.18. The third-order valence-corrected chi connectivity index (χ3v) is 8.66. The monoisotopic (exact) mass is 376 g/mol. The number of hydrogen-bond donors (Lipinski definition) is 2. The molecule has 0 aromatic carbocycles. The normalized spacial score (nSPS) is 48.9. The van der Waals surface area contributed by atoms with Crippen LogP contribution in [-0.4, -0.2) is 40.3 Å². The van der Waals surface area contributed by atoms with E-state index in [4.69, 9.17) is 4.74 Å². The summed E-state index contributed by atoms with van der Waals surface area (Å²) in [4.78, 5) is 24.6. The first-order chi connectivity index (χ1) is 12.7. The minimum atomic E-state index is -1.51. The molecule has 150 valence electrons. The van der Waals surface area contributed by atoms with Crippen molar-refractivity contribution in [3.63, 3.8) is 0 Å². The van der Waals surface area contributed by atoms with Gasteiger partial charge in [0, 0.05) is 11.8 Å². The van der Waals surface area contributed by atoms with Gasteiger partial charge in [-0.1, -0.05) is 19.4 Å². The lowest BCUT2D eigenvalue weighted by Crippen LogP contribution is -2.61. The summed E-state index contributed by atoms with van der Waals surface area (Å²) >= 11 is 0. The summed E-state index contributed by atoms with van der Waals surface area (Å²) in [5.41, 5.74) is -1.13. The second-order valence-electron chi connectivity index (χ2n) is 9.70. The zero-order valence-corrected chi connectivity index (χ0v) is 16.7. The first-order valence-electron chi connectivity index (χ1n) is 10.5. The van der Waals surface area contributed by atoms with Crippen molar-refractivity contribution >= 4 is 11.8 Å². The highest BCUT2D eigenvalue weighted by molar-refractivity contribution is 5.91. The number of esters is 1. The Labute approximate surface area is 161 Å². The van der Waals surface area contributed by atoms with E-state index in [-0.39, 0.29) is 35.6 Å². The first kappa shape index (κ1) is 19.1. The maximum absolute atomic E-state index is 12.6. The Bertz CT molecular complexity index is 699. The van der Waals surface area contributed by atoms with Crippen molar-refractivity contribution in [1.82, 2.24) is 0 Å². The average molecular weight is 376 g/mol. The van der Waals surface area contributed by atoms with Gasteiger partial charge in [0.25, 0.3) is 0 Å². The van der Waals surface area contributed by atoms with E-state index in [1.807, 2.05) is 13.0 Å². The lowest BCUT2D eigenvalue weighted by Gasteiger charge is -2.60. The predicted molar refractivity (Wildman–Crippen MR) is 99.7 cm³/mol. The van der Waals surface area contributed by atoms with Crippen molar-refractivity contribution in [3.8, 4) is 0 Å². The van der Waals surface area contributed by atoms with Gasteiger partial charge in [-0.3, -0.25) is 4.79 Å². The van der Waals surface area contributed by atoms with Crippen LogP contribution in [0.15, 0.2) is 11.6 Å². The summed E-state index contributed by atoms with van der Waals surface area (Å²) in [5.74, 6) is 0.210. The number of allylic oxidation sites excluding steroid dienone is 1. The van der Waals surface area contributed by atoms with Crippen LogP contribution in [0.2, 0.25) is 0 Å². The molecule has 7 atom stereocenters. The van der Waals surface area contributed by atoms with Crippen LogP contribution in [0.1, 0.15) is 65.7 Å². The third kappa shape index (κ3) is 2.43. The second kappa shape index (κ2) is 6.15. The number of aliphatic hydroxyl groups is 2. The highest BCUT2D eigenvalue weighted by Gasteiger charge is 2.69. The number of rotatable bonds is 2. The van der Waals surface area contributed by atoms with E-state index in [2.05, 4.69) is 6.92 Å². The minimum absolute atomic E-state index is 0.0909. The summed E-state index contributed by atoms with van der Waals surface area (Å²) in [5, 5.41) is 22.6. The molecule has 5 heteroatoms. The molecule has 0 heterocycles. The molecule has 0 aromatic rings. The third-order valence-electron chi connectivity index (χ3n) is 8.66. The Hall–Kier alpha value is -1.20. The molecular weight excluding hydrogens is 344 g/mol. The maximum atomic E-state index is 12.6. The van der Waals surface area contributed by atoms with Crippen molar-refractivity contribution in [2.45, 2.75) is 77.4 Å². The molecule has 0 radical (unpaired) electrons. The van der Waals surface area contributed by atoms with Gasteiger partial charge in [0.2, 0.25) is 0 Å². The molecule has 0 spiro atoms. The summed E-state index contributed by atoms with van der Waals surface area (Å²) in [7, 11) is 0. The summed E-state index contributed by atoms with van der Waals surface area (Å²) in [6, 6.07) is 0. The van der Waals surface area contributed by atoms with Crippen LogP contribution in [0.25, 0.3) is 0 Å². The summed E-state index contributed by atoms with van der Waals surface area (Å²) < 4.78 is 5.21. The maximum Gasteiger partial charge on any atom is 0.338 e. The van der Waals surface area contributed by atoms with Crippen LogP contribution >= 0.6 is 0 Å². The number of fused-ring (bicyclic) bond motifs is 5. The van der Waals surface area contributed by atoms with E-state index < -0.39 is 23.1 Å². The quantitative estimate of drug-likeness (QED) is 0.724. The smallest absolute Gasteiger partial charge is 0.338 e. The first-order valence-corrected chi connectivity index (χ1v) is 10.5. The van der Waals surface area contributed by atoms with Crippen molar-refractivity contribution in [2.75, 3.05) is 6.61 Å². The van der Waals surface area contributed by atoms with Gasteiger partial charge in [0.05, 0.1) is 12.7 Å². The van der Waals surface area contributed by atoms with Gasteiger partial charge in [-0.2, -0.15) is 0 Å². The second-order valence-corrected chi connectivity index (χ2v) is 9.70. The van der Waals surface area contributed by atoms with Crippen LogP contribution in [0.5, 0.6) is 0 Å². The Balaban J connectivity index is 1.71. The number of ketones is 1. The highest BCUT2D eigenvalue weighted by atomic mass is 16.5. The summed E-state index contributed by atoms with van der Waals surface area (Å²) in [6.07, 6.45) is 5.96. The largest absolute Gasteiger partial charge is 0.464 e. The standard InChI is InChI=1S/C22H32O5/c1-4-27-19(25)22(26)10-8-16-15-6-5-13-11-14(23)7-9-20(13,2)18(15)17(24)12-21(16,22)3/h11,15-18,24,26H,4-10,12H2,1-3H3/t15-,16-,17?,18-,20-,21-,22?/m0/s1. The van der Waals surface area contributed by atoms with Gasteiger partial charge < -0.3 is 14.9 Å². The van der Waals surface area contributed by atoms with Gasteiger partial charge in [-0.05, 0) is 74.7 Å². The molecule has 0 bridgehead atoms. The van der Waals surface area contributed by atoms with E-state index in [1.165, 1.54) is 5.57 Å². The SMILES string of the molecule is CCOC(=O)C1(O)CC[C@H]2[C@@H]3CCC4=CC(=O)CC[C@]4(C)[C@@H]3C(O)C[C@@]21C. The fraction of sp³-hybridized carbons (Fsp3) is 0.818. The molecule has 2 N–H and O–H groups in total. The Kier molecular flexibility index (Phi) is 4.36. The van der Waals surface area contributed by atoms with Crippen molar-refractivity contribution < 1.29 is 24.5 Å². The zero-order valence-electron chi connectivity index (χ0n) is 16.7. The molecule has 4 aliphatic carbocycles. The number of aliphatic hydroxyl groups excluding tert-OH is 1. The molecule has 27 heavy (non-hydrogen) atoms. The van der Waals surface area contributed by atoms with Gasteiger partial charge in [0.15, 0.2) is 11.4 Å². The van der Waals surface area contributed by atoms with Crippen molar-refractivity contribution in [1.29, 1.82) is 0 Å². The van der Waals surface area contributed by atoms with E-state index in [9.17, 15) is 19.8 Å². The molecule has 0 amide bonds. The number of carbonyl (C=O) groups excluding carboxylic acids is 2. The molecule has 0 saturated heterocycles. The Morgan fingerprint density at radius 3 is 2.70 bits per heavy atom. The highest BCUT2D eigenvalue weighted by Crippen LogP contribution is 2.67. The molecule has 4 aliphatic rings. The van der Waals surface area contributed by atoms with Crippen LogP contribution < -0.4 is 0 Å².